The summed E-state index contributed by atoms with van der Waals surface area (Å²) in [5, 5.41) is 29.2. The molecule has 2 aliphatic carbocycles. The lowest BCUT2D eigenvalue weighted by Crippen LogP contribution is -2.60. The summed E-state index contributed by atoms with van der Waals surface area (Å²) in [6.07, 6.45) is 1.32. The zero-order chi connectivity index (χ0) is 11.3. The van der Waals surface area contributed by atoms with Gasteiger partial charge in [0.25, 0.3) is 0 Å². The van der Waals surface area contributed by atoms with E-state index in [4.69, 9.17) is 15.4 Å². The number of carboxylic acids is 2. The SMILES string of the molecule is O=C(O)C1(C(=O)O)CC2(CC(=NO)C2)C1. The molecule has 0 amide bonds. The number of nitrogens with zero attached hydrogens (tertiary/aromatic N) is 1. The number of hydrogen-bond donors (Lipinski definition) is 3. The van der Waals surface area contributed by atoms with Crippen molar-refractivity contribution in [2.24, 2.45) is 16.0 Å². The average molecular weight is 213 g/mol. The van der Waals surface area contributed by atoms with Crippen molar-refractivity contribution < 1.29 is 25.0 Å². The molecule has 0 atom stereocenters. The number of rotatable bonds is 2. The van der Waals surface area contributed by atoms with Gasteiger partial charge in [-0.05, 0) is 31.1 Å². The quantitative estimate of drug-likeness (QED) is 0.352. The van der Waals surface area contributed by atoms with Gasteiger partial charge in [0.1, 0.15) is 0 Å². The van der Waals surface area contributed by atoms with Crippen LogP contribution in [0.1, 0.15) is 25.7 Å². The van der Waals surface area contributed by atoms with E-state index < -0.39 is 17.4 Å². The standard InChI is InChI=1S/C9H11NO5/c11-6(12)9(7(13)14)3-8(4-9)1-5(2-8)10-15/h15H,1-4H2,(H,11,12)(H,13,14). The van der Waals surface area contributed by atoms with Gasteiger partial charge in [0.05, 0.1) is 5.71 Å². The van der Waals surface area contributed by atoms with Crippen LogP contribution in [0.5, 0.6) is 0 Å². The van der Waals surface area contributed by atoms with Crippen molar-refractivity contribution in [2.45, 2.75) is 25.7 Å². The number of oxime groups is 1. The van der Waals surface area contributed by atoms with Gasteiger partial charge in [-0.3, -0.25) is 9.59 Å². The third-order valence-corrected chi connectivity index (χ3v) is 3.47. The molecule has 0 heterocycles. The molecule has 2 rings (SSSR count). The fourth-order valence-electron chi connectivity index (χ4n) is 2.76. The van der Waals surface area contributed by atoms with Crippen molar-refractivity contribution in [3.8, 4) is 0 Å². The fraction of sp³-hybridized carbons (Fsp3) is 0.667. The van der Waals surface area contributed by atoms with E-state index in [2.05, 4.69) is 5.16 Å². The summed E-state index contributed by atoms with van der Waals surface area (Å²) in [5.74, 6) is -2.54. The van der Waals surface area contributed by atoms with Crippen molar-refractivity contribution in [3.05, 3.63) is 0 Å². The molecule has 0 aromatic rings. The molecule has 6 nitrogen and oxygen atoms in total. The first-order chi connectivity index (χ1) is 6.94. The minimum atomic E-state index is -1.61. The van der Waals surface area contributed by atoms with Gasteiger partial charge < -0.3 is 15.4 Å². The maximum Gasteiger partial charge on any atom is 0.321 e. The highest BCUT2D eigenvalue weighted by Crippen LogP contribution is 2.63. The molecule has 0 unspecified atom stereocenters. The van der Waals surface area contributed by atoms with Crippen LogP contribution in [-0.2, 0) is 9.59 Å². The molecule has 0 aromatic heterocycles. The van der Waals surface area contributed by atoms with Gasteiger partial charge in [0.15, 0.2) is 5.41 Å². The summed E-state index contributed by atoms with van der Waals surface area (Å²) in [6, 6.07) is 0. The molecule has 2 saturated carbocycles. The van der Waals surface area contributed by atoms with Crippen LogP contribution in [-0.4, -0.2) is 33.1 Å². The van der Waals surface area contributed by atoms with Gasteiger partial charge in [-0.1, -0.05) is 5.16 Å². The number of carboxylic acid groups (broad SMARTS) is 2. The molecule has 2 fully saturated rings. The monoisotopic (exact) mass is 213 g/mol. The number of aliphatic carboxylic acids is 2. The largest absolute Gasteiger partial charge is 0.480 e. The second-order valence-corrected chi connectivity index (χ2v) is 4.57. The molecule has 1 spiro atoms. The Hall–Kier alpha value is -1.59. The van der Waals surface area contributed by atoms with E-state index in [1.54, 1.807) is 0 Å². The van der Waals surface area contributed by atoms with E-state index in [9.17, 15) is 9.59 Å². The van der Waals surface area contributed by atoms with Crippen LogP contribution in [0.15, 0.2) is 5.16 Å². The lowest BCUT2D eigenvalue weighted by Gasteiger charge is -2.56. The number of hydrogen-bond acceptors (Lipinski definition) is 4. The smallest absolute Gasteiger partial charge is 0.321 e. The van der Waals surface area contributed by atoms with Crippen LogP contribution >= 0.6 is 0 Å². The Morgan fingerprint density at radius 2 is 1.60 bits per heavy atom. The maximum absolute atomic E-state index is 10.9. The zero-order valence-electron chi connectivity index (χ0n) is 7.93. The normalized spacial score (nSPS) is 25.2. The highest BCUT2D eigenvalue weighted by Gasteiger charge is 2.67. The second kappa shape index (κ2) is 2.71. The molecule has 0 aromatic carbocycles. The minimum absolute atomic E-state index is 0.143. The van der Waals surface area contributed by atoms with Crippen molar-refractivity contribution >= 4 is 17.7 Å². The molecule has 2 aliphatic rings. The Balaban J connectivity index is 2.08. The molecule has 6 heteroatoms. The minimum Gasteiger partial charge on any atom is -0.480 e. The summed E-state index contributed by atoms with van der Waals surface area (Å²) in [7, 11) is 0. The molecule has 82 valence electrons. The van der Waals surface area contributed by atoms with Crippen LogP contribution in [0.2, 0.25) is 0 Å². The molecule has 15 heavy (non-hydrogen) atoms. The Morgan fingerprint density at radius 3 is 1.93 bits per heavy atom. The van der Waals surface area contributed by atoms with E-state index in [1.807, 2.05) is 0 Å². The second-order valence-electron chi connectivity index (χ2n) is 4.57. The molecule has 0 radical (unpaired) electrons. The van der Waals surface area contributed by atoms with Crippen LogP contribution in [0, 0.1) is 10.8 Å². The van der Waals surface area contributed by atoms with E-state index in [-0.39, 0.29) is 18.3 Å². The van der Waals surface area contributed by atoms with E-state index in [0.29, 0.717) is 18.6 Å². The first kappa shape index (κ1) is 9.95. The maximum atomic E-state index is 10.9. The van der Waals surface area contributed by atoms with Crippen molar-refractivity contribution in [1.29, 1.82) is 0 Å². The van der Waals surface area contributed by atoms with Crippen LogP contribution in [0.25, 0.3) is 0 Å². The average Bonchev–Trinajstić information content (AvgIpc) is 1.98. The highest BCUT2D eigenvalue weighted by atomic mass is 16.4. The van der Waals surface area contributed by atoms with Gasteiger partial charge in [-0.2, -0.15) is 0 Å². The van der Waals surface area contributed by atoms with Gasteiger partial charge in [0.2, 0.25) is 0 Å². The summed E-state index contributed by atoms with van der Waals surface area (Å²) >= 11 is 0. The third kappa shape index (κ3) is 1.14. The fourth-order valence-corrected chi connectivity index (χ4v) is 2.76. The Bertz CT molecular complexity index is 341. The first-order valence-electron chi connectivity index (χ1n) is 4.61. The van der Waals surface area contributed by atoms with Gasteiger partial charge in [-0.25, -0.2) is 0 Å². The summed E-state index contributed by atoms with van der Waals surface area (Å²) in [6.45, 7) is 0. The van der Waals surface area contributed by atoms with Gasteiger partial charge in [0, 0.05) is 0 Å². The van der Waals surface area contributed by atoms with E-state index >= 15 is 0 Å². The van der Waals surface area contributed by atoms with E-state index in [0.717, 1.165) is 0 Å². The summed E-state index contributed by atoms with van der Waals surface area (Å²) < 4.78 is 0. The topological polar surface area (TPSA) is 107 Å². The Kier molecular flexibility index (Phi) is 1.80. The first-order valence-corrected chi connectivity index (χ1v) is 4.61. The van der Waals surface area contributed by atoms with Crippen molar-refractivity contribution in [3.63, 3.8) is 0 Å². The van der Waals surface area contributed by atoms with E-state index in [1.165, 1.54) is 0 Å². The Labute approximate surface area is 85.2 Å². The van der Waals surface area contributed by atoms with Gasteiger partial charge in [-0.15, -0.1) is 0 Å². The number of carbonyl (C=O) groups is 2. The molecular weight excluding hydrogens is 202 g/mol. The van der Waals surface area contributed by atoms with Gasteiger partial charge >= 0.3 is 11.9 Å². The summed E-state index contributed by atoms with van der Waals surface area (Å²) in [4.78, 5) is 21.7. The predicted octanol–water partition coefficient (Wildman–Crippen LogP) is 0.546. The molecule has 3 N–H and O–H groups in total. The van der Waals surface area contributed by atoms with Crippen molar-refractivity contribution in [1.82, 2.24) is 0 Å². The lowest BCUT2D eigenvalue weighted by molar-refractivity contribution is -0.185. The molecule has 0 saturated heterocycles. The molecule has 0 aliphatic heterocycles. The molecule has 0 bridgehead atoms. The van der Waals surface area contributed by atoms with Crippen LogP contribution < -0.4 is 0 Å². The van der Waals surface area contributed by atoms with Crippen LogP contribution in [0.3, 0.4) is 0 Å². The zero-order valence-corrected chi connectivity index (χ0v) is 7.93. The highest BCUT2D eigenvalue weighted by molar-refractivity contribution is 6.02. The van der Waals surface area contributed by atoms with Crippen LogP contribution in [0.4, 0.5) is 0 Å². The lowest BCUT2D eigenvalue weighted by atomic mass is 9.44. The van der Waals surface area contributed by atoms with Crippen molar-refractivity contribution in [2.75, 3.05) is 0 Å². The third-order valence-electron chi connectivity index (χ3n) is 3.47. The summed E-state index contributed by atoms with van der Waals surface area (Å²) in [5.41, 5.74) is -1.22. The molecular formula is C9H11NO5. The predicted molar refractivity (Wildman–Crippen MR) is 47.8 cm³/mol. The Morgan fingerprint density at radius 1 is 1.13 bits per heavy atom.